The van der Waals surface area contributed by atoms with Crippen LogP contribution in [-0.4, -0.2) is 142 Å². The monoisotopic (exact) mass is 743 g/mol. The van der Waals surface area contributed by atoms with Crippen molar-refractivity contribution in [3.8, 4) is 0 Å². The zero-order valence-electron chi connectivity index (χ0n) is 31.0. The van der Waals surface area contributed by atoms with Crippen molar-refractivity contribution < 1.29 is 62.4 Å². The van der Waals surface area contributed by atoms with E-state index in [2.05, 4.69) is 21.3 Å². The SMILES string of the molecule is CC(C)[C@H](NC(=O)CCOCCOCCOCCOCCNC(=O)CCN1C(=O)C=CC1=O)C(=O)N[C@@H](CCCCNC(=O)OC(C)(C)C)C(=O)O. The Hall–Kier alpha value is -4.13. The second kappa shape index (κ2) is 25.8. The molecule has 52 heavy (non-hydrogen) atoms. The van der Waals surface area contributed by atoms with E-state index in [0.717, 1.165) is 4.90 Å². The zero-order valence-corrected chi connectivity index (χ0v) is 31.0. The van der Waals surface area contributed by atoms with Gasteiger partial charge in [-0.15, -0.1) is 0 Å². The molecule has 6 amide bonds. The van der Waals surface area contributed by atoms with E-state index in [4.69, 9.17) is 23.7 Å². The largest absolute Gasteiger partial charge is 0.480 e. The fraction of sp³-hybridized carbons (Fsp3) is 0.735. The number of hydrogen-bond acceptors (Lipinski definition) is 12. The van der Waals surface area contributed by atoms with Crippen molar-refractivity contribution in [2.45, 2.75) is 84.4 Å². The number of carboxylic acids is 1. The summed E-state index contributed by atoms with van der Waals surface area (Å²) in [7, 11) is 0. The van der Waals surface area contributed by atoms with Gasteiger partial charge < -0.3 is 50.1 Å². The topological polar surface area (TPSA) is 237 Å². The maximum absolute atomic E-state index is 12.9. The van der Waals surface area contributed by atoms with Gasteiger partial charge in [0.15, 0.2) is 0 Å². The lowest BCUT2D eigenvalue weighted by Crippen LogP contribution is -2.53. The Morgan fingerprint density at radius 2 is 1.29 bits per heavy atom. The molecule has 0 saturated heterocycles. The number of imide groups is 1. The van der Waals surface area contributed by atoms with Crippen molar-refractivity contribution in [3.63, 3.8) is 0 Å². The number of hydrogen-bond donors (Lipinski definition) is 5. The van der Waals surface area contributed by atoms with Gasteiger partial charge in [0.1, 0.15) is 17.7 Å². The van der Waals surface area contributed by atoms with Crippen LogP contribution in [0.5, 0.6) is 0 Å². The molecule has 0 aliphatic carbocycles. The maximum Gasteiger partial charge on any atom is 0.407 e. The van der Waals surface area contributed by atoms with Crippen molar-refractivity contribution >= 4 is 41.6 Å². The van der Waals surface area contributed by atoms with Crippen molar-refractivity contribution in [2.24, 2.45) is 5.92 Å². The van der Waals surface area contributed by atoms with E-state index in [0.29, 0.717) is 45.8 Å². The summed E-state index contributed by atoms with van der Waals surface area (Å²) in [6, 6.07) is -2.09. The second-order valence-corrected chi connectivity index (χ2v) is 13.1. The van der Waals surface area contributed by atoms with Crippen LogP contribution in [0.3, 0.4) is 0 Å². The number of aliphatic carboxylic acids is 1. The van der Waals surface area contributed by atoms with Crippen LogP contribution in [0.25, 0.3) is 0 Å². The fourth-order valence-electron chi connectivity index (χ4n) is 4.42. The molecular weight excluding hydrogens is 686 g/mol. The summed E-state index contributed by atoms with van der Waals surface area (Å²) in [5, 5.41) is 20.0. The number of carbonyl (C=O) groups excluding carboxylic acids is 6. The van der Waals surface area contributed by atoms with E-state index in [1.807, 2.05) is 0 Å². The van der Waals surface area contributed by atoms with Crippen LogP contribution in [0, 0.1) is 5.92 Å². The average molecular weight is 744 g/mol. The summed E-state index contributed by atoms with van der Waals surface area (Å²) in [4.78, 5) is 84.6. The normalized spacial score (nSPS) is 13.9. The molecule has 296 valence electrons. The smallest absolute Gasteiger partial charge is 0.407 e. The molecule has 0 aromatic carbocycles. The predicted octanol–water partition coefficient (Wildman–Crippen LogP) is 0.279. The van der Waals surface area contributed by atoms with Crippen LogP contribution in [0.4, 0.5) is 4.79 Å². The minimum Gasteiger partial charge on any atom is -0.480 e. The minimum atomic E-state index is -1.20. The molecule has 0 saturated carbocycles. The molecule has 1 aliphatic heterocycles. The predicted molar refractivity (Wildman–Crippen MR) is 186 cm³/mol. The lowest BCUT2D eigenvalue weighted by atomic mass is 10.0. The molecule has 2 atom stereocenters. The Morgan fingerprint density at radius 3 is 1.83 bits per heavy atom. The molecule has 0 aromatic heterocycles. The summed E-state index contributed by atoms with van der Waals surface area (Å²) < 4.78 is 26.8. The van der Waals surface area contributed by atoms with Gasteiger partial charge in [0.25, 0.3) is 11.8 Å². The van der Waals surface area contributed by atoms with Gasteiger partial charge in [0.2, 0.25) is 17.7 Å². The van der Waals surface area contributed by atoms with E-state index in [1.165, 1.54) is 12.2 Å². The van der Waals surface area contributed by atoms with Gasteiger partial charge in [0, 0.05) is 44.6 Å². The molecule has 5 N–H and O–H groups in total. The Morgan fingerprint density at radius 1 is 0.731 bits per heavy atom. The highest BCUT2D eigenvalue weighted by molar-refractivity contribution is 6.13. The molecule has 1 rings (SSSR count). The highest BCUT2D eigenvalue weighted by Gasteiger charge is 2.28. The van der Waals surface area contributed by atoms with Gasteiger partial charge in [0.05, 0.1) is 52.9 Å². The summed E-state index contributed by atoms with van der Waals surface area (Å²) in [5.41, 5.74) is -0.624. The molecule has 18 heteroatoms. The molecule has 0 radical (unpaired) electrons. The molecule has 1 heterocycles. The third-order valence-electron chi connectivity index (χ3n) is 7.09. The first-order chi connectivity index (χ1) is 24.6. The van der Waals surface area contributed by atoms with E-state index in [9.17, 15) is 38.7 Å². The standard InChI is InChI=1S/C34H57N5O13/c1-24(2)30(31(44)37-25(32(45)46)8-6-7-13-36-33(47)52-34(3,4)5)38-27(41)12-16-48-18-20-50-22-23-51-21-19-49-17-14-35-26(40)11-15-39-28(42)9-10-29(39)43/h9-10,24-25,30H,6-8,11-23H2,1-5H3,(H,35,40)(H,36,47)(H,37,44)(H,38,41)(H,45,46)/t25-,30-/m0/s1. The van der Waals surface area contributed by atoms with Crippen molar-refractivity contribution in [1.29, 1.82) is 0 Å². The summed E-state index contributed by atoms with van der Waals surface area (Å²) in [6.07, 6.45) is 2.85. The second-order valence-electron chi connectivity index (χ2n) is 13.1. The Labute approximate surface area is 305 Å². The maximum atomic E-state index is 12.9. The first-order valence-corrected chi connectivity index (χ1v) is 17.5. The number of carboxylic acid groups (broad SMARTS) is 1. The third kappa shape index (κ3) is 21.9. The van der Waals surface area contributed by atoms with Crippen molar-refractivity contribution in [2.75, 3.05) is 72.5 Å². The van der Waals surface area contributed by atoms with Crippen LogP contribution in [0.1, 0.15) is 66.7 Å². The number of nitrogens with zero attached hydrogens (tertiary/aromatic N) is 1. The third-order valence-corrected chi connectivity index (χ3v) is 7.09. The summed E-state index contributed by atoms with van der Waals surface area (Å²) in [6.45, 7) is 11.5. The molecule has 0 unspecified atom stereocenters. The summed E-state index contributed by atoms with van der Waals surface area (Å²) >= 11 is 0. The number of rotatable bonds is 28. The van der Waals surface area contributed by atoms with Gasteiger partial charge in [-0.05, 0) is 46.0 Å². The molecule has 0 fully saturated rings. The minimum absolute atomic E-state index is 0.00532. The quantitative estimate of drug-likeness (QED) is 0.0536. The molecule has 18 nitrogen and oxygen atoms in total. The van der Waals surface area contributed by atoms with E-state index >= 15 is 0 Å². The molecule has 0 aromatic rings. The summed E-state index contributed by atoms with van der Waals surface area (Å²) in [5.74, 6) is -3.65. The highest BCUT2D eigenvalue weighted by Crippen LogP contribution is 2.09. The van der Waals surface area contributed by atoms with E-state index < -0.39 is 53.4 Å². The lowest BCUT2D eigenvalue weighted by molar-refractivity contribution is -0.142. The number of amides is 6. The van der Waals surface area contributed by atoms with Crippen LogP contribution >= 0.6 is 0 Å². The number of alkyl carbamates (subject to hydrolysis) is 1. The Bertz CT molecular complexity index is 1170. The number of carbonyl (C=O) groups is 7. The number of unbranched alkanes of at least 4 members (excludes halogenated alkanes) is 1. The van der Waals surface area contributed by atoms with E-state index in [1.54, 1.807) is 34.6 Å². The average Bonchev–Trinajstić information content (AvgIpc) is 3.38. The molecule has 0 bridgehead atoms. The zero-order chi connectivity index (χ0) is 38.9. The lowest BCUT2D eigenvalue weighted by Gasteiger charge is -2.24. The van der Waals surface area contributed by atoms with Crippen LogP contribution in [0.2, 0.25) is 0 Å². The van der Waals surface area contributed by atoms with Crippen LogP contribution in [-0.2, 0) is 52.5 Å². The molecular formula is C34H57N5O13. The van der Waals surface area contributed by atoms with Gasteiger partial charge >= 0.3 is 12.1 Å². The molecule has 0 spiro atoms. The highest BCUT2D eigenvalue weighted by atomic mass is 16.6. The van der Waals surface area contributed by atoms with E-state index in [-0.39, 0.29) is 70.6 Å². The van der Waals surface area contributed by atoms with Crippen LogP contribution < -0.4 is 21.3 Å². The number of ether oxygens (including phenoxy) is 5. The molecule has 1 aliphatic rings. The van der Waals surface area contributed by atoms with Gasteiger partial charge in [-0.3, -0.25) is 28.9 Å². The van der Waals surface area contributed by atoms with Crippen molar-refractivity contribution in [1.82, 2.24) is 26.2 Å². The van der Waals surface area contributed by atoms with Crippen LogP contribution in [0.15, 0.2) is 12.2 Å². The fourth-order valence-corrected chi connectivity index (χ4v) is 4.42. The van der Waals surface area contributed by atoms with Gasteiger partial charge in [-0.1, -0.05) is 13.8 Å². The van der Waals surface area contributed by atoms with Gasteiger partial charge in [-0.25, -0.2) is 9.59 Å². The first kappa shape index (κ1) is 45.9. The van der Waals surface area contributed by atoms with Crippen molar-refractivity contribution in [3.05, 3.63) is 12.2 Å². The first-order valence-electron chi connectivity index (χ1n) is 17.5. The Kier molecular flexibility index (Phi) is 22.7. The number of nitrogens with one attached hydrogen (secondary N) is 4. The van der Waals surface area contributed by atoms with Gasteiger partial charge in [-0.2, -0.15) is 0 Å². The Balaban J connectivity index is 2.08.